The molecule has 0 aliphatic carbocycles. The zero-order valence-electron chi connectivity index (χ0n) is 9.98. The number of benzene rings is 2. The van der Waals surface area contributed by atoms with E-state index in [2.05, 4.69) is 0 Å². The van der Waals surface area contributed by atoms with E-state index in [9.17, 15) is 14.5 Å². The van der Waals surface area contributed by atoms with E-state index in [0.29, 0.717) is 5.56 Å². The molecule has 0 aliphatic rings. The molecule has 0 N–H and O–H groups in total. The van der Waals surface area contributed by atoms with Crippen LogP contribution in [0.2, 0.25) is 5.02 Å². The summed E-state index contributed by atoms with van der Waals surface area (Å²) in [5.41, 5.74) is 0.200. The van der Waals surface area contributed by atoms with Crippen LogP contribution in [0.1, 0.15) is 5.56 Å². The third kappa shape index (κ3) is 3.18. The van der Waals surface area contributed by atoms with Gasteiger partial charge in [0.15, 0.2) is 0 Å². The molecule has 0 amide bonds. The van der Waals surface area contributed by atoms with Crippen molar-refractivity contribution in [1.82, 2.24) is 0 Å². The molecule has 0 saturated heterocycles. The smallest absolute Gasteiger partial charge is 0.313 e. The molecule has 0 spiro atoms. The van der Waals surface area contributed by atoms with Crippen molar-refractivity contribution in [2.24, 2.45) is 0 Å². The fraction of sp³-hybridized carbons (Fsp3) is 0.0769. The highest BCUT2D eigenvalue weighted by atomic mass is 35.5. The normalized spacial score (nSPS) is 10.3. The molecular formula is C13H8Cl2FNO3. The second-order valence-corrected chi connectivity index (χ2v) is 4.55. The quantitative estimate of drug-likeness (QED) is 0.457. The van der Waals surface area contributed by atoms with Gasteiger partial charge in [0.25, 0.3) is 0 Å². The van der Waals surface area contributed by atoms with E-state index in [1.165, 1.54) is 30.3 Å². The van der Waals surface area contributed by atoms with E-state index >= 15 is 0 Å². The van der Waals surface area contributed by atoms with Crippen molar-refractivity contribution in [3.63, 3.8) is 0 Å². The number of halogens is 3. The van der Waals surface area contributed by atoms with Crippen LogP contribution in [-0.2, 0) is 5.88 Å². The Morgan fingerprint density at radius 1 is 1.30 bits per heavy atom. The predicted octanol–water partition coefficient (Wildman–Crippen LogP) is 4.92. The highest BCUT2D eigenvalue weighted by molar-refractivity contribution is 6.32. The van der Waals surface area contributed by atoms with Crippen LogP contribution in [0.4, 0.5) is 10.1 Å². The lowest BCUT2D eigenvalue weighted by Gasteiger charge is -2.09. The molecule has 0 bridgehead atoms. The highest BCUT2D eigenvalue weighted by Gasteiger charge is 2.19. The van der Waals surface area contributed by atoms with Crippen molar-refractivity contribution in [2.45, 2.75) is 5.88 Å². The van der Waals surface area contributed by atoms with Crippen LogP contribution in [0.15, 0.2) is 36.4 Å². The SMILES string of the molecule is O=[N+]([O-])c1cccc(Cl)c1Oc1cc(F)cc(CCl)c1. The number of alkyl halides is 1. The maximum Gasteiger partial charge on any atom is 0.313 e. The van der Waals surface area contributed by atoms with Gasteiger partial charge in [-0.2, -0.15) is 0 Å². The highest BCUT2D eigenvalue weighted by Crippen LogP contribution is 2.38. The van der Waals surface area contributed by atoms with Crippen LogP contribution in [-0.4, -0.2) is 4.92 Å². The second-order valence-electron chi connectivity index (χ2n) is 3.88. The molecule has 0 unspecified atom stereocenters. The fourth-order valence-corrected chi connectivity index (χ4v) is 1.98. The first-order chi connectivity index (χ1) is 9.51. The fourth-order valence-electron chi connectivity index (χ4n) is 1.62. The maximum absolute atomic E-state index is 13.4. The molecule has 0 aromatic heterocycles. The van der Waals surface area contributed by atoms with Gasteiger partial charge in [0, 0.05) is 18.0 Å². The van der Waals surface area contributed by atoms with Crippen molar-refractivity contribution in [3.8, 4) is 11.5 Å². The van der Waals surface area contributed by atoms with Crippen LogP contribution in [0.5, 0.6) is 11.5 Å². The topological polar surface area (TPSA) is 52.4 Å². The van der Waals surface area contributed by atoms with Gasteiger partial charge in [0.1, 0.15) is 11.6 Å². The van der Waals surface area contributed by atoms with Crippen LogP contribution in [0, 0.1) is 15.9 Å². The van der Waals surface area contributed by atoms with Crippen LogP contribution >= 0.6 is 23.2 Å². The molecule has 20 heavy (non-hydrogen) atoms. The molecule has 0 atom stereocenters. The molecule has 7 heteroatoms. The lowest BCUT2D eigenvalue weighted by Crippen LogP contribution is -1.95. The first-order valence-electron chi connectivity index (χ1n) is 5.47. The summed E-state index contributed by atoms with van der Waals surface area (Å²) < 4.78 is 18.7. The van der Waals surface area contributed by atoms with E-state index in [1.54, 1.807) is 0 Å². The Morgan fingerprint density at radius 3 is 2.70 bits per heavy atom. The number of nitrogens with zero attached hydrogens (tertiary/aromatic N) is 1. The number of ether oxygens (including phenoxy) is 1. The molecule has 0 fully saturated rings. The summed E-state index contributed by atoms with van der Waals surface area (Å²) in [6.07, 6.45) is 0. The predicted molar refractivity (Wildman–Crippen MR) is 74.1 cm³/mol. The molecule has 2 aromatic rings. The number of rotatable bonds is 4. The van der Waals surface area contributed by atoms with E-state index in [-0.39, 0.29) is 28.1 Å². The minimum Gasteiger partial charge on any atom is -0.448 e. The molecule has 0 aliphatic heterocycles. The van der Waals surface area contributed by atoms with Crippen molar-refractivity contribution in [2.75, 3.05) is 0 Å². The monoisotopic (exact) mass is 315 g/mol. The number of nitro benzene ring substituents is 1. The number of para-hydroxylation sites is 1. The van der Waals surface area contributed by atoms with Crippen LogP contribution in [0.25, 0.3) is 0 Å². The van der Waals surface area contributed by atoms with Gasteiger partial charge < -0.3 is 4.74 Å². The van der Waals surface area contributed by atoms with Gasteiger partial charge in [-0.3, -0.25) is 10.1 Å². The summed E-state index contributed by atoms with van der Waals surface area (Å²) in [5.74, 6) is -0.492. The lowest BCUT2D eigenvalue weighted by molar-refractivity contribution is -0.385. The molecule has 104 valence electrons. The Bertz CT molecular complexity index is 664. The Labute approximate surface area is 123 Å². The van der Waals surface area contributed by atoms with E-state index in [4.69, 9.17) is 27.9 Å². The third-order valence-electron chi connectivity index (χ3n) is 2.45. The second kappa shape index (κ2) is 6.07. The first kappa shape index (κ1) is 14.6. The van der Waals surface area contributed by atoms with Gasteiger partial charge in [-0.25, -0.2) is 4.39 Å². The van der Waals surface area contributed by atoms with Crippen molar-refractivity contribution < 1.29 is 14.1 Å². The number of hydrogen-bond acceptors (Lipinski definition) is 3. The van der Waals surface area contributed by atoms with Crippen LogP contribution in [0.3, 0.4) is 0 Å². The third-order valence-corrected chi connectivity index (χ3v) is 3.05. The minimum atomic E-state index is -0.622. The Hall–Kier alpha value is -1.85. The average molecular weight is 316 g/mol. The van der Waals surface area contributed by atoms with Gasteiger partial charge in [0.05, 0.1) is 9.95 Å². The first-order valence-corrected chi connectivity index (χ1v) is 6.38. The molecular weight excluding hydrogens is 308 g/mol. The summed E-state index contributed by atoms with van der Waals surface area (Å²) in [4.78, 5) is 10.3. The summed E-state index contributed by atoms with van der Waals surface area (Å²) in [6.45, 7) is 0. The minimum absolute atomic E-state index is 0.0656. The molecule has 4 nitrogen and oxygen atoms in total. The molecule has 2 rings (SSSR count). The van der Waals surface area contributed by atoms with Crippen LogP contribution < -0.4 is 4.74 Å². The maximum atomic E-state index is 13.4. The van der Waals surface area contributed by atoms with Gasteiger partial charge in [0.2, 0.25) is 5.75 Å². The summed E-state index contributed by atoms with van der Waals surface area (Å²) >= 11 is 11.5. The Kier molecular flexibility index (Phi) is 4.42. The lowest BCUT2D eigenvalue weighted by atomic mass is 10.2. The average Bonchev–Trinajstić information content (AvgIpc) is 2.40. The van der Waals surface area contributed by atoms with Gasteiger partial charge in [-0.1, -0.05) is 17.7 Å². The standard InChI is InChI=1S/C13H8Cl2FNO3/c14-7-8-4-9(16)6-10(5-8)20-13-11(15)2-1-3-12(13)17(18)19/h1-6H,7H2. The molecule has 2 aromatic carbocycles. The number of nitro groups is 1. The molecule has 0 saturated carbocycles. The summed E-state index contributed by atoms with van der Waals surface area (Å²) in [6, 6.07) is 7.98. The van der Waals surface area contributed by atoms with Crippen molar-refractivity contribution in [1.29, 1.82) is 0 Å². The largest absolute Gasteiger partial charge is 0.448 e. The summed E-state index contributed by atoms with van der Waals surface area (Å²) in [5, 5.41) is 11.0. The van der Waals surface area contributed by atoms with Crippen molar-refractivity contribution >= 4 is 28.9 Å². The van der Waals surface area contributed by atoms with E-state index < -0.39 is 10.7 Å². The summed E-state index contributed by atoms with van der Waals surface area (Å²) in [7, 11) is 0. The number of hydrogen-bond donors (Lipinski definition) is 0. The zero-order valence-corrected chi connectivity index (χ0v) is 11.5. The zero-order chi connectivity index (χ0) is 14.7. The molecule has 0 heterocycles. The van der Waals surface area contributed by atoms with Gasteiger partial charge in [-0.05, 0) is 23.8 Å². The van der Waals surface area contributed by atoms with Gasteiger partial charge >= 0.3 is 5.69 Å². The Morgan fingerprint density at radius 2 is 2.05 bits per heavy atom. The Balaban J connectivity index is 2.44. The van der Waals surface area contributed by atoms with E-state index in [1.807, 2.05) is 0 Å². The van der Waals surface area contributed by atoms with Gasteiger partial charge in [-0.15, -0.1) is 11.6 Å². The van der Waals surface area contributed by atoms with Crippen molar-refractivity contribution in [3.05, 3.63) is 62.9 Å². The van der Waals surface area contributed by atoms with E-state index in [0.717, 1.165) is 6.07 Å². The molecule has 0 radical (unpaired) electrons.